The smallest absolute Gasteiger partial charge is 0.237 e. The summed E-state index contributed by atoms with van der Waals surface area (Å²) in [6.45, 7) is 6.91. The standard InChI is InChI=1S/C20H27N3O2/c1-15-7-4-5-9-19(15)16(2)22-20(25)17(3)23(11-12-24)14-18-8-6-10-21-13-18/h4-10,13,16-17,24H,11-12,14H2,1-3H3,(H,22,25). The van der Waals surface area contributed by atoms with Gasteiger partial charge in [0.05, 0.1) is 18.7 Å². The molecule has 0 aliphatic heterocycles. The Hall–Kier alpha value is -2.24. The lowest BCUT2D eigenvalue weighted by Crippen LogP contribution is -2.46. The number of hydrogen-bond acceptors (Lipinski definition) is 4. The molecule has 1 amide bonds. The van der Waals surface area contributed by atoms with Crippen LogP contribution in [-0.2, 0) is 11.3 Å². The molecule has 2 atom stereocenters. The van der Waals surface area contributed by atoms with Crippen molar-refractivity contribution in [2.45, 2.75) is 39.4 Å². The summed E-state index contributed by atoms with van der Waals surface area (Å²) in [7, 11) is 0. The second-order valence-corrected chi connectivity index (χ2v) is 6.32. The molecule has 2 N–H and O–H groups in total. The van der Waals surface area contributed by atoms with Crippen molar-refractivity contribution >= 4 is 5.91 Å². The van der Waals surface area contributed by atoms with Gasteiger partial charge in [0.1, 0.15) is 0 Å². The highest BCUT2D eigenvalue weighted by molar-refractivity contribution is 5.81. The number of rotatable bonds is 8. The lowest BCUT2D eigenvalue weighted by Gasteiger charge is -2.29. The van der Waals surface area contributed by atoms with Crippen molar-refractivity contribution in [3.05, 3.63) is 65.5 Å². The largest absolute Gasteiger partial charge is 0.395 e. The van der Waals surface area contributed by atoms with Gasteiger partial charge < -0.3 is 10.4 Å². The van der Waals surface area contributed by atoms with Crippen LogP contribution in [-0.4, -0.2) is 40.1 Å². The van der Waals surface area contributed by atoms with E-state index >= 15 is 0 Å². The molecule has 0 radical (unpaired) electrons. The van der Waals surface area contributed by atoms with Gasteiger partial charge in [-0.1, -0.05) is 30.3 Å². The fourth-order valence-electron chi connectivity index (χ4n) is 2.91. The number of aryl methyl sites for hydroxylation is 1. The van der Waals surface area contributed by atoms with Gasteiger partial charge in [0, 0.05) is 25.5 Å². The van der Waals surface area contributed by atoms with Crippen molar-refractivity contribution < 1.29 is 9.90 Å². The van der Waals surface area contributed by atoms with E-state index in [2.05, 4.69) is 10.3 Å². The Morgan fingerprint density at radius 2 is 2.00 bits per heavy atom. The third-order valence-electron chi connectivity index (χ3n) is 4.44. The van der Waals surface area contributed by atoms with Gasteiger partial charge in [-0.05, 0) is 43.5 Å². The Balaban J connectivity index is 2.03. The molecule has 1 aromatic heterocycles. The number of carbonyl (C=O) groups excluding carboxylic acids is 1. The summed E-state index contributed by atoms with van der Waals surface area (Å²) in [5, 5.41) is 12.4. The number of nitrogens with zero attached hydrogens (tertiary/aromatic N) is 2. The van der Waals surface area contributed by atoms with E-state index < -0.39 is 0 Å². The molecule has 2 aromatic rings. The first-order valence-electron chi connectivity index (χ1n) is 8.62. The van der Waals surface area contributed by atoms with Crippen LogP contribution in [0, 0.1) is 6.92 Å². The molecule has 0 aliphatic carbocycles. The van der Waals surface area contributed by atoms with Crippen LogP contribution in [0.5, 0.6) is 0 Å². The Bertz CT molecular complexity index is 676. The van der Waals surface area contributed by atoms with Gasteiger partial charge >= 0.3 is 0 Å². The number of aromatic nitrogens is 1. The number of pyridine rings is 1. The van der Waals surface area contributed by atoms with Crippen LogP contribution in [0.25, 0.3) is 0 Å². The highest BCUT2D eigenvalue weighted by atomic mass is 16.3. The molecular formula is C20H27N3O2. The minimum atomic E-state index is -0.348. The lowest BCUT2D eigenvalue weighted by molar-refractivity contribution is -0.127. The first-order chi connectivity index (χ1) is 12.0. The normalized spacial score (nSPS) is 13.5. The zero-order valence-corrected chi connectivity index (χ0v) is 15.1. The van der Waals surface area contributed by atoms with Crippen LogP contribution in [0.4, 0.5) is 0 Å². The number of aliphatic hydroxyl groups excluding tert-OH is 1. The highest BCUT2D eigenvalue weighted by Gasteiger charge is 2.23. The van der Waals surface area contributed by atoms with Crippen molar-refractivity contribution in [2.24, 2.45) is 0 Å². The van der Waals surface area contributed by atoms with Crippen molar-refractivity contribution in [3.8, 4) is 0 Å². The van der Waals surface area contributed by atoms with Crippen LogP contribution in [0.15, 0.2) is 48.8 Å². The summed E-state index contributed by atoms with van der Waals surface area (Å²) in [5.74, 6) is -0.0481. The van der Waals surface area contributed by atoms with Gasteiger partial charge in [0.2, 0.25) is 5.91 Å². The van der Waals surface area contributed by atoms with Crippen molar-refractivity contribution in [2.75, 3.05) is 13.2 Å². The molecular weight excluding hydrogens is 314 g/mol. The SMILES string of the molecule is Cc1ccccc1C(C)NC(=O)C(C)N(CCO)Cc1cccnc1. The number of aliphatic hydroxyl groups is 1. The maximum Gasteiger partial charge on any atom is 0.237 e. The minimum absolute atomic E-state index is 0.00519. The second kappa shape index (κ2) is 9.30. The molecule has 2 unspecified atom stereocenters. The number of hydrogen-bond donors (Lipinski definition) is 2. The van der Waals surface area contributed by atoms with Crippen LogP contribution < -0.4 is 5.32 Å². The van der Waals surface area contributed by atoms with E-state index in [9.17, 15) is 9.90 Å². The van der Waals surface area contributed by atoms with Crippen LogP contribution >= 0.6 is 0 Å². The van der Waals surface area contributed by atoms with Gasteiger partial charge in [-0.3, -0.25) is 14.7 Å². The molecule has 1 heterocycles. The molecule has 0 fully saturated rings. The van der Waals surface area contributed by atoms with E-state index in [1.54, 1.807) is 12.4 Å². The van der Waals surface area contributed by atoms with E-state index in [1.165, 1.54) is 0 Å². The predicted molar refractivity (Wildman–Crippen MR) is 98.9 cm³/mol. The molecule has 2 rings (SSSR count). The maximum atomic E-state index is 12.7. The molecule has 25 heavy (non-hydrogen) atoms. The Morgan fingerprint density at radius 3 is 2.64 bits per heavy atom. The summed E-state index contributed by atoms with van der Waals surface area (Å²) < 4.78 is 0. The van der Waals surface area contributed by atoms with E-state index in [4.69, 9.17) is 0 Å². The van der Waals surface area contributed by atoms with Crippen LogP contribution in [0.3, 0.4) is 0 Å². The van der Waals surface area contributed by atoms with Gasteiger partial charge in [0.25, 0.3) is 0 Å². The van der Waals surface area contributed by atoms with Gasteiger partial charge in [-0.25, -0.2) is 0 Å². The maximum absolute atomic E-state index is 12.7. The van der Waals surface area contributed by atoms with E-state index in [1.807, 2.05) is 62.1 Å². The quantitative estimate of drug-likeness (QED) is 0.774. The third kappa shape index (κ3) is 5.37. The number of nitrogens with one attached hydrogen (secondary N) is 1. The fourth-order valence-corrected chi connectivity index (χ4v) is 2.91. The zero-order valence-electron chi connectivity index (χ0n) is 15.1. The molecule has 1 aromatic carbocycles. The lowest BCUT2D eigenvalue weighted by atomic mass is 10.0. The Morgan fingerprint density at radius 1 is 1.24 bits per heavy atom. The first kappa shape index (κ1) is 19.1. The molecule has 5 heteroatoms. The van der Waals surface area contributed by atoms with Crippen molar-refractivity contribution in [3.63, 3.8) is 0 Å². The van der Waals surface area contributed by atoms with E-state index in [-0.39, 0.29) is 24.6 Å². The average Bonchev–Trinajstić information content (AvgIpc) is 2.62. The van der Waals surface area contributed by atoms with Crippen molar-refractivity contribution in [1.82, 2.24) is 15.2 Å². The third-order valence-corrected chi connectivity index (χ3v) is 4.44. The first-order valence-corrected chi connectivity index (χ1v) is 8.62. The average molecular weight is 341 g/mol. The fraction of sp³-hybridized carbons (Fsp3) is 0.400. The number of benzene rings is 1. The van der Waals surface area contributed by atoms with E-state index in [0.29, 0.717) is 13.1 Å². The topological polar surface area (TPSA) is 65.5 Å². The van der Waals surface area contributed by atoms with Crippen molar-refractivity contribution in [1.29, 1.82) is 0 Å². The second-order valence-electron chi connectivity index (χ2n) is 6.32. The van der Waals surface area contributed by atoms with Gasteiger partial charge in [-0.2, -0.15) is 0 Å². The Labute approximate surface area is 149 Å². The predicted octanol–water partition coefficient (Wildman–Crippen LogP) is 2.45. The molecule has 134 valence electrons. The zero-order chi connectivity index (χ0) is 18.2. The van der Waals surface area contributed by atoms with Crippen LogP contribution in [0.2, 0.25) is 0 Å². The highest BCUT2D eigenvalue weighted by Crippen LogP contribution is 2.17. The van der Waals surface area contributed by atoms with Gasteiger partial charge in [-0.15, -0.1) is 0 Å². The molecule has 0 spiro atoms. The minimum Gasteiger partial charge on any atom is -0.395 e. The monoisotopic (exact) mass is 341 g/mol. The van der Waals surface area contributed by atoms with Gasteiger partial charge in [0.15, 0.2) is 0 Å². The number of amides is 1. The summed E-state index contributed by atoms with van der Waals surface area (Å²) in [6, 6.07) is 11.5. The molecule has 0 saturated carbocycles. The summed E-state index contributed by atoms with van der Waals surface area (Å²) in [4.78, 5) is 18.8. The molecule has 0 bridgehead atoms. The molecule has 0 aliphatic rings. The Kier molecular flexibility index (Phi) is 7.10. The van der Waals surface area contributed by atoms with Crippen LogP contribution in [0.1, 0.15) is 36.6 Å². The van der Waals surface area contributed by atoms with E-state index in [0.717, 1.165) is 16.7 Å². The summed E-state index contributed by atoms with van der Waals surface area (Å²) in [5.41, 5.74) is 3.29. The summed E-state index contributed by atoms with van der Waals surface area (Å²) >= 11 is 0. The molecule has 5 nitrogen and oxygen atoms in total. The number of carbonyl (C=O) groups is 1. The molecule has 0 saturated heterocycles. The summed E-state index contributed by atoms with van der Waals surface area (Å²) in [6.07, 6.45) is 3.50.